The average Bonchev–Trinajstić information content (AvgIpc) is 2.34. The van der Waals surface area contributed by atoms with Gasteiger partial charge in [0.1, 0.15) is 6.04 Å². The summed E-state index contributed by atoms with van der Waals surface area (Å²) in [6, 6.07) is -0.709. The van der Waals surface area contributed by atoms with Crippen LogP contribution in [-0.2, 0) is 14.4 Å². The minimum Gasteiger partial charge on any atom is -0.569 e. The maximum atomic E-state index is 11.3. The zero-order chi connectivity index (χ0) is 14.1. The average molecular weight is 262 g/mol. The van der Waals surface area contributed by atoms with Gasteiger partial charge in [0.2, 0.25) is 5.28 Å². The van der Waals surface area contributed by atoms with Crippen molar-refractivity contribution in [3.63, 3.8) is 0 Å². The third-order valence-corrected chi connectivity index (χ3v) is 2.34. The van der Waals surface area contributed by atoms with Gasteiger partial charge >= 0.3 is 5.97 Å². The molecular formula is C10H22N4O4. The molecule has 1 unspecified atom stereocenters. The molecule has 0 aromatic rings. The van der Waals surface area contributed by atoms with Crippen LogP contribution in [0.4, 0.5) is 0 Å². The highest BCUT2D eigenvalue weighted by molar-refractivity contribution is 5.75. The summed E-state index contributed by atoms with van der Waals surface area (Å²) in [6.45, 7) is 7.81. The van der Waals surface area contributed by atoms with Crippen LogP contribution >= 0.6 is 0 Å². The third-order valence-electron chi connectivity index (χ3n) is 2.34. The summed E-state index contributed by atoms with van der Waals surface area (Å²) in [7, 11) is 0. The molecule has 0 fully saturated rings. The van der Waals surface area contributed by atoms with Crippen LogP contribution in [0.3, 0.4) is 0 Å². The van der Waals surface area contributed by atoms with Crippen LogP contribution in [0.1, 0.15) is 27.7 Å². The number of nitrogens with two attached hydrogens (primary N) is 1. The lowest BCUT2D eigenvalue weighted by Crippen LogP contribution is -2.37. The summed E-state index contributed by atoms with van der Waals surface area (Å²) in [5.74, 6) is -0.610. The number of esters is 1. The zero-order valence-corrected chi connectivity index (χ0v) is 11.3. The van der Waals surface area contributed by atoms with E-state index in [0.29, 0.717) is 18.1 Å². The Labute approximate surface area is 107 Å². The summed E-state index contributed by atoms with van der Waals surface area (Å²) < 4.78 is 4.70. The fourth-order valence-corrected chi connectivity index (χ4v) is 1.04. The Balaban J connectivity index is 3.99. The number of ether oxygens (including phenoxy) is 1. The van der Waals surface area contributed by atoms with Gasteiger partial charge in [-0.25, -0.2) is 0 Å². The first-order chi connectivity index (χ1) is 8.43. The molecule has 0 aromatic heterocycles. The maximum Gasteiger partial charge on any atom is 0.326 e. The fraction of sp³-hybridized carbons (Fsp3) is 0.900. The Morgan fingerprint density at radius 3 is 2.44 bits per heavy atom. The van der Waals surface area contributed by atoms with Crippen molar-refractivity contribution >= 4 is 5.97 Å². The Kier molecular flexibility index (Phi) is 7.77. The molecule has 0 aliphatic rings. The van der Waals surface area contributed by atoms with Crippen LogP contribution in [0.15, 0.2) is 5.28 Å². The topological polar surface area (TPSA) is 103 Å². The molecule has 0 aliphatic heterocycles. The van der Waals surface area contributed by atoms with E-state index < -0.39 is 18.8 Å². The smallest absolute Gasteiger partial charge is 0.326 e. The number of rotatable bonds is 8. The van der Waals surface area contributed by atoms with Gasteiger partial charge < -0.3 is 20.5 Å². The lowest BCUT2D eigenvalue weighted by Gasteiger charge is -2.14. The van der Waals surface area contributed by atoms with Gasteiger partial charge in [-0.15, -0.1) is 5.01 Å². The molecule has 0 rings (SSSR count). The molecule has 0 aliphatic carbocycles. The molecule has 8 heteroatoms. The van der Waals surface area contributed by atoms with Gasteiger partial charge in [0, 0.05) is 0 Å². The van der Waals surface area contributed by atoms with Gasteiger partial charge in [0.25, 0.3) is 6.79 Å². The van der Waals surface area contributed by atoms with E-state index in [4.69, 9.17) is 10.5 Å². The highest BCUT2D eigenvalue weighted by Crippen LogP contribution is 2.00. The quantitative estimate of drug-likeness (QED) is 0.172. The van der Waals surface area contributed by atoms with Crippen molar-refractivity contribution in [2.45, 2.75) is 33.7 Å². The molecule has 8 nitrogen and oxygen atoms in total. The highest BCUT2D eigenvalue weighted by Gasteiger charge is 2.18. The molecule has 0 saturated carbocycles. The van der Waals surface area contributed by atoms with E-state index >= 15 is 0 Å². The van der Waals surface area contributed by atoms with Crippen molar-refractivity contribution < 1.29 is 19.3 Å². The highest BCUT2D eigenvalue weighted by atomic mass is 16.8. The van der Waals surface area contributed by atoms with Crippen molar-refractivity contribution in [2.24, 2.45) is 16.9 Å². The van der Waals surface area contributed by atoms with E-state index in [9.17, 15) is 10.0 Å². The molecule has 0 aromatic carbocycles. The van der Waals surface area contributed by atoms with Gasteiger partial charge in [-0.3, -0.25) is 4.79 Å². The van der Waals surface area contributed by atoms with E-state index in [0.717, 1.165) is 0 Å². The zero-order valence-electron chi connectivity index (χ0n) is 11.3. The first kappa shape index (κ1) is 16.4. The standard InChI is InChI=1S/C10H22N4O4/c1-5-13(6-2)14(16)12-18-7-17-10(15)9(11)8(3)4/h8-9H,5-7,11H2,1-4H3/b14-12-. The van der Waals surface area contributed by atoms with Crippen molar-refractivity contribution in [3.05, 3.63) is 5.21 Å². The van der Waals surface area contributed by atoms with E-state index in [2.05, 4.69) is 10.1 Å². The predicted molar refractivity (Wildman–Crippen MR) is 63.8 cm³/mol. The minimum absolute atomic E-state index is 0.0267. The molecule has 0 bridgehead atoms. The second kappa shape index (κ2) is 8.51. The Morgan fingerprint density at radius 2 is 2.00 bits per heavy atom. The molecule has 0 saturated heterocycles. The lowest BCUT2D eigenvalue weighted by molar-refractivity contribution is -0.710. The molecule has 1 atom stereocenters. The second-order valence-corrected chi connectivity index (χ2v) is 3.95. The number of hydrazine groups is 1. The minimum atomic E-state index is -0.709. The summed E-state index contributed by atoms with van der Waals surface area (Å²) >= 11 is 0. The first-order valence-electron chi connectivity index (χ1n) is 5.91. The van der Waals surface area contributed by atoms with Gasteiger partial charge in [-0.1, -0.05) is 13.8 Å². The van der Waals surface area contributed by atoms with Crippen LogP contribution in [0.25, 0.3) is 0 Å². The lowest BCUT2D eigenvalue weighted by atomic mass is 10.1. The van der Waals surface area contributed by atoms with Crippen LogP contribution in [-0.4, -0.2) is 41.9 Å². The summed E-state index contributed by atoms with van der Waals surface area (Å²) in [5.41, 5.74) is 5.55. The molecule has 0 heterocycles. The van der Waals surface area contributed by atoms with Gasteiger partial charge in [-0.05, 0) is 19.8 Å². The van der Waals surface area contributed by atoms with Gasteiger partial charge in [0.05, 0.1) is 18.1 Å². The number of carbonyl (C=O) groups is 1. The SMILES string of the molecule is CCN(CC)/[N+]([O-])=N/OCOC(=O)C(N)C(C)C. The summed E-state index contributed by atoms with van der Waals surface area (Å²) in [5, 5.41) is 15.9. The van der Waals surface area contributed by atoms with Crippen LogP contribution < -0.4 is 5.73 Å². The summed E-state index contributed by atoms with van der Waals surface area (Å²) in [4.78, 5) is 16.2. The Hall–Kier alpha value is -1.57. The molecule has 106 valence electrons. The number of hydrogen-bond donors (Lipinski definition) is 1. The Morgan fingerprint density at radius 1 is 1.44 bits per heavy atom. The normalized spacial score (nSPS) is 13.3. The van der Waals surface area contributed by atoms with Crippen LogP contribution in [0.2, 0.25) is 0 Å². The van der Waals surface area contributed by atoms with E-state index in [1.54, 1.807) is 13.8 Å². The van der Waals surface area contributed by atoms with Crippen molar-refractivity contribution in [1.82, 2.24) is 5.01 Å². The Bertz CT molecular complexity index is 279. The van der Waals surface area contributed by atoms with Crippen molar-refractivity contribution in [2.75, 3.05) is 19.9 Å². The van der Waals surface area contributed by atoms with Crippen LogP contribution in [0.5, 0.6) is 0 Å². The second-order valence-electron chi connectivity index (χ2n) is 3.95. The van der Waals surface area contributed by atoms with E-state index in [1.807, 2.05) is 13.8 Å². The number of nitrogens with zero attached hydrogens (tertiary/aromatic N) is 3. The van der Waals surface area contributed by atoms with Gasteiger partial charge in [0.15, 0.2) is 0 Å². The monoisotopic (exact) mass is 262 g/mol. The van der Waals surface area contributed by atoms with E-state index in [-0.39, 0.29) is 5.92 Å². The first-order valence-corrected chi connectivity index (χ1v) is 5.91. The van der Waals surface area contributed by atoms with Crippen LogP contribution in [0, 0.1) is 11.1 Å². The fourth-order valence-electron chi connectivity index (χ4n) is 1.04. The molecule has 0 spiro atoms. The number of hydrogen-bond acceptors (Lipinski definition) is 6. The number of carbonyl (C=O) groups excluding carboxylic acids is 1. The molecule has 0 amide bonds. The summed E-state index contributed by atoms with van der Waals surface area (Å²) in [6.07, 6.45) is 0. The largest absolute Gasteiger partial charge is 0.569 e. The third kappa shape index (κ3) is 5.67. The predicted octanol–water partition coefficient (Wildman–Crippen LogP) is 0.621. The maximum absolute atomic E-state index is 11.3. The molecular weight excluding hydrogens is 240 g/mol. The van der Waals surface area contributed by atoms with Crippen molar-refractivity contribution in [1.29, 1.82) is 0 Å². The molecule has 2 N–H and O–H groups in total. The van der Waals surface area contributed by atoms with Crippen molar-refractivity contribution in [3.8, 4) is 0 Å². The molecule has 0 radical (unpaired) electrons. The van der Waals surface area contributed by atoms with Gasteiger partial charge in [-0.2, -0.15) is 0 Å². The molecule has 18 heavy (non-hydrogen) atoms. The van der Waals surface area contributed by atoms with E-state index in [1.165, 1.54) is 5.01 Å².